The molecule has 108 valence electrons. The van der Waals surface area contributed by atoms with Crippen molar-refractivity contribution in [2.75, 3.05) is 13.7 Å². The molecule has 8 nitrogen and oxygen atoms in total. The van der Waals surface area contributed by atoms with Crippen molar-refractivity contribution in [2.45, 2.75) is 24.9 Å². The minimum atomic E-state index is -0.707. The SMILES string of the molecule is [2H]OCC1OC(n2nc(I)c3c(OC)ncnc32)CC1O. The summed E-state index contributed by atoms with van der Waals surface area (Å²) in [4.78, 5) is 8.28. The predicted octanol–water partition coefficient (Wildman–Crippen LogP) is 0.0802. The van der Waals surface area contributed by atoms with Crippen LogP contribution in [0.4, 0.5) is 0 Å². The first-order valence-electron chi connectivity index (χ1n) is 6.40. The van der Waals surface area contributed by atoms with E-state index >= 15 is 0 Å². The predicted molar refractivity (Wildman–Crippen MR) is 76.2 cm³/mol. The monoisotopic (exact) mass is 393 g/mol. The van der Waals surface area contributed by atoms with Crippen molar-refractivity contribution in [3.8, 4) is 5.88 Å². The van der Waals surface area contributed by atoms with Gasteiger partial charge < -0.3 is 19.7 Å². The Kier molecular flexibility index (Phi) is 3.42. The molecule has 2 N–H and O–H groups in total. The summed E-state index contributed by atoms with van der Waals surface area (Å²) in [5.74, 6) is 0.445. The number of methoxy groups -OCH3 is 1. The van der Waals surface area contributed by atoms with E-state index < -0.39 is 18.4 Å². The number of fused-ring (bicyclic) bond motifs is 1. The molecule has 0 aromatic carbocycles. The molecule has 1 saturated heterocycles. The molecule has 0 aliphatic carbocycles. The van der Waals surface area contributed by atoms with Crippen LogP contribution in [0.15, 0.2) is 6.33 Å². The van der Waals surface area contributed by atoms with Crippen molar-refractivity contribution in [3.63, 3.8) is 0 Å². The number of hydrogen-bond donors (Lipinski definition) is 2. The van der Waals surface area contributed by atoms with E-state index in [0.29, 0.717) is 27.0 Å². The number of aliphatic hydroxyl groups excluding tert-OH is 2. The number of hydrogen-bond acceptors (Lipinski definition) is 7. The molecule has 1 aliphatic heterocycles. The van der Waals surface area contributed by atoms with Gasteiger partial charge in [0.05, 0.1) is 19.8 Å². The Bertz CT molecular complexity index is 654. The van der Waals surface area contributed by atoms with E-state index in [0.717, 1.165) is 0 Å². The Morgan fingerprint density at radius 2 is 2.50 bits per heavy atom. The second-order valence-corrected chi connectivity index (χ2v) is 5.44. The van der Waals surface area contributed by atoms with Gasteiger partial charge in [0.1, 0.15) is 21.5 Å². The van der Waals surface area contributed by atoms with E-state index in [1.165, 1.54) is 13.4 Å². The van der Waals surface area contributed by atoms with Crippen LogP contribution >= 0.6 is 22.6 Å². The molecule has 0 amide bonds. The number of aliphatic hydroxyl groups is 2. The molecular weight excluding hydrogens is 379 g/mol. The van der Waals surface area contributed by atoms with Crippen molar-refractivity contribution in [3.05, 3.63) is 10.0 Å². The van der Waals surface area contributed by atoms with Gasteiger partial charge in [-0.3, -0.25) is 0 Å². The zero-order valence-corrected chi connectivity index (χ0v) is 12.7. The van der Waals surface area contributed by atoms with Crippen LogP contribution in [0.5, 0.6) is 5.88 Å². The van der Waals surface area contributed by atoms with Gasteiger partial charge >= 0.3 is 0 Å². The molecule has 1 fully saturated rings. The van der Waals surface area contributed by atoms with E-state index in [4.69, 9.17) is 10.9 Å². The summed E-state index contributed by atoms with van der Waals surface area (Å²) in [6, 6.07) is 0. The fourth-order valence-electron chi connectivity index (χ4n) is 2.28. The fourth-order valence-corrected chi connectivity index (χ4v) is 2.98. The third-order valence-corrected chi connectivity index (χ3v) is 4.00. The van der Waals surface area contributed by atoms with E-state index in [9.17, 15) is 5.11 Å². The molecule has 2 aromatic heterocycles. The lowest BCUT2D eigenvalue weighted by molar-refractivity contribution is -0.0471. The third kappa shape index (κ3) is 2.14. The summed E-state index contributed by atoms with van der Waals surface area (Å²) in [5, 5.41) is 19.4. The Morgan fingerprint density at radius 1 is 1.65 bits per heavy atom. The van der Waals surface area contributed by atoms with Crippen LogP contribution in [-0.2, 0) is 4.74 Å². The van der Waals surface area contributed by atoms with Crippen molar-refractivity contribution >= 4 is 33.6 Å². The second-order valence-electron chi connectivity index (χ2n) is 4.42. The molecule has 20 heavy (non-hydrogen) atoms. The largest absolute Gasteiger partial charge is 0.480 e. The minimum Gasteiger partial charge on any atom is -0.480 e. The van der Waals surface area contributed by atoms with Gasteiger partial charge in [0, 0.05) is 6.42 Å². The van der Waals surface area contributed by atoms with Gasteiger partial charge in [0.25, 0.3) is 0 Å². The number of aromatic nitrogens is 4. The quantitative estimate of drug-likeness (QED) is 0.710. The maximum atomic E-state index is 9.94. The van der Waals surface area contributed by atoms with Crippen LogP contribution in [0.3, 0.4) is 0 Å². The van der Waals surface area contributed by atoms with Gasteiger partial charge in [-0.1, -0.05) is 0 Å². The van der Waals surface area contributed by atoms with E-state index in [1.54, 1.807) is 4.68 Å². The Labute approximate surface area is 129 Å². The van der Waals surface area contributed by atoms with Crippen molar-refractivity contribution in [1.82, 2.24) is 19.7 Å². The number of ether oxygens (including phenoxy) is 2. The summed E-state index contributed by atoms with van der Waals surface area (Å²) in [5.41, 5.74) is 0.580. The molecule has 3 atom stereocenters. The van der Waals surface area contributed by atoms with Crippen LogP contribution in [-0.4, -0.2) is 57.3 Å². The molecule has 2 aromatic rings. The van der Waals surface area contributed by atoms with Crippen molar-refractivity contribution in [2.24, 2.45) is 0 Å². The number of halogens is 1. The van der Waals surface area contributed by atoms with E-state index in [2.05, 4.69) is 42.8 Å². The molecule has 3 heterocycles. The lowest BCUT2D eigenvalue weighted by Crippen LogP contribution is -2.24. The van der Waals surface area contributed by atoms with Crippen molar-refractivity contribution in [1.29, 1.82) is 1.43 Å². The number of rotatable bonds is 4. The maximum absolute atomic E-state index is 9.94. The minimum absolute atomic E-state index is 0.00622. The lowest BCUT2D eigenvalue weighted by atomic mass is 10.2. The fraction of sp³-hybridized carbons (Fsp3) is 0.545. The topological polar surface area (TPSA) is 103 Å². The smallest absolute Gasteiger partial charge is 0.228 e. The van der Waals surface area contributed by atoms with Crippen LogP contribution in [0.1, 0.15) is 12.6 Å². The summed E-state index contributed by atoms with van der Waals surface area (Å²) < 4.78 is 20.0. The molecule has 0 radical (unpaired) electrons. The molecule has 0 saturated carbocycles. The zero-order valence-electron chi connectivity index (χ0n) is 11.6. The average molecular weight is 393 g/mol. The van der Waals surface area contributed by atoms with Crippen LogP contribution in [0.25, 0.3) is 11.0 Å². The molecule has 9 heteroatoms. The normalized spacial score (nSPS) is 26.9. The van der Waals surface area contributed by atoms with E-state index in [-0.39, 0.29) is 6.61 Å². The average Bonchev–Trinajstić information content (AvgIpc) is 3.01. The highest BCUT2D eigenvalue weighted by Gasteiger charge is 2.36. The Hall–Kier alpha value is -1.04. The molecule has 1 aliphatic rings. The van der Waals surface area contributed by atoms with Gasteiger partial charge in [-0.2, -0.15) is 5.10 Å². The highest BCUT2D eigenvalue weighted by molar-refractivity contribution is 14.1. The number of nitrogens with zero attached hydrogens (tertiary/aromatic N) is 4. The van der Waals surface area contributed by atoms with Crippen molar-refractivity contribution < 1.29 is 19.7 Å². The van der Waals surface area contributed by atoms with Gasteiger partial charge in [-0.15, -0.1) is 0 Å². The van der Waals surface area contributed by atoms with Gasteiger partial charge in [0.15, 0.2) is 11.9 Å². The van der Waals surface area contributed by atoms with Crippen LogP contribution in [0.2, 0.25) is 0 Å². The lowest BCUT2D eigenvalue weighted by Gasteiger charge is -2.12. The Morgan fingerprint density at radius 3 is 3.25 bits per heavy atom. The summed E-state index contributed by atoms with van der Waals surface area (Å²) in [6.45, 7) is 0.00622. The molecule has 0 bridgehead atoms. The first-order chi connectivity index (χ1) is 10.2. The van der Waals surface area contributed by atoms with Gasteiger partial charge in [-0.25, -0.2) is 14.6 Å². The van der Waals surface area contributed by atoms with Gasteiger partial charge in [-0.05, 0) is 22.6 Å². The molecule has 0 spiro atoms. The van der Waals surface area contributed by atoms with Gasteiger partial charge in [0.2, 0.25) is 7.31 Å². The standard InChI is InChI=1S/C11H13IN4O4/c1-19-11-8-9(12)15-16(10(8)13-4-14-11)7-2-5(18)6(3-17)20-7/h4-7,17-18H,2-3H2,1H3/i17D. The third-order valence-electron chi connectivity index (χ3n) is 3.25. The Balaban J connectivity index is 1.99. The second kappa shape index (κ2) is 5.39. The first kappa shape index (κ1) is 12.7. The summed E-state index contributed by atoms with van der Waals surface area (Å²) in [7, 11) is 1.53. The molecular formula is C11H13IN4O4. The highest BCUT2D eigenvalue weighted by atomic mass is 127. The van der Waals surface area contributed by atoms with Crippen LogP contribution in [0, 0.1) is 3.70 Å². The highest BCUT2D eigenvalue weighted by Crippen LogP contribution is 2.33. The maximum Gasteiger partial charge on any atom is 0.228 e. The first-order valence-corrected chi connectivity index (χ1v) is 7.08. The molecule has 3 unspecified atom stereocenters. The molecule has 3 rings (SSSR count). The van der Waals surface area contributed by atoms with Crippen LogP contribution < -0.4 is 4.74 Å². The zero-order chi connectivity index (χ0) is 15.0. The summed E-state index contributed by atoms with van der Waals surface area (Å²) in [6.07, 6.45) is 0.0261. The summed E-state index contributed by atoms with van der Waals surface area (Å²) >= 11 is 2.08. The van der Waals surface area contributed by atoms with E-state index in [1.807, 2.05) is 0 Å².